The average Bonchev–Trinajstić information content (AvgIpc) is 3.13. The Labute approximate surface area is 166 Å². The second kappa shape index (κ2) is 5.82. The summed E-state index contributed by atoms with van der Waals surface area (Å²) in [5.41, 5.74) is 6.38. The minimum atomic E-state index is -0.217. The lowest BCUT2D eigenvalue weighted by atomic mass is 9.99. The van der Waals surface area contributed by atoms with E-state index in [-0.39, 0.29) is 17.5 Å². The number of aliphatic imine (C=N–C) groups is 1. The molecule has 3 heterocycles. The minimum Gasteiger partial charge on any atom is -0.356 e. The van der Waals surface area contributed by atoms with Crippen LogP contribution in [0.25, 0.3) is 17.0 Å². The molecule has 146 valence electrons. The predicted molar refractivity (Wildman–Crippen MR) is 114 cm³/mol. The zero-order valence-electron chi connectivity index (χ0n) is 17.4. The summed E-state index contributed by atoms with van der Waals surface area (Å²) >= 11 is 0. The van der Waals surface area contributed by atoms with E-state index in [1.165, 1.54) is 0 Å². The molecule has 0 spiro atoms. The normalized spacial score (nSPS) is 21.9. The van der Waals surface area contributed by atoms with Crippen LogP contribution >= 0.6 is 0 Å². The molecule has 6 nitrogen and oxygen atoms in total. The molecular formula is C22H28N5O+. The smallest absolute Gasteiger partial charge is 0.307 e. The number of hydrogen-bond acceptors (Lipinski definition) is 2. The maximum atomic E-state index is 12.2. The topological polar surface area (TPSA) is 69.3 Å². The van der Waals surface area contributed by atoms with E-state index in [0.717, 1.165) is 45.4 Å². The number of aromatic amines is 1. The van der Waals surface area contributed by atoms with E-state index >= 15 is 0 Å². The molecule has 1 amide bonds. The quantitative estimate of drug-likeness (QED) is 0.654. The molecule has 0 radical (unpaired) electrons. The first-order valence-corrected chi connectivity index (χ1v) is 9.57. The number of para-hydroxylation sites is 1. The number of fused-ring (bicyclic) bond motifs is 2. The van der Waals surface area contributed by atoms with Crippen LogP contribution in [0, 0.1) is 0 Å². The van der Waals surface area contributed by atoms with E-state index in [1.807, 2.05) is 19.1 Å². The van der Waals surface area contributed by atoms with Crippen LogP contribution in [-0.4, -0.2) is 41.0 Å². The number of rotatable bonds is 1. The van der Waals surface area contributed by atoms with Gasteiger partial charge in [-0.2, -0.15) is 0 Å². The molecule has 1 unspecified atom stereocenters. The Morgan fingerprint density at radius 3 is 2.46 bits per heavy atom. The second-order valence-corrected chi connectivity index (χ2v) is 9.07. The summed E-state index contributed by atoms with van der Waals surface area (Å²) in [5, 5.41) is 6.50. The lowest BCUT2D eigenvalue weighted by Gasteiger charge is -2.38. The Hall–Kier alpha value is -2.86. The summed E-state index contributed by atoms with van der Waals surface area (Å²) in [4.78, 5) is 20.5. The molecule has 0 saturated heterocycles. The van der Waals surface area contributed by atoms with E-state index in [1.54, 1.807) is 0 Å². The van der Waals surface area contributed by atoms with Gasteiger partial charge in [0.1, 0.15) is 5.70 Å². The average molecular weight is 379 g/mol. The van der Waals surface area contributed by atoms with Crippen molar-refractivity contribution in [3.05, 3.63) is 47.7 Å². The summed E-state index contributed by atoms with van der Waals surface area (Å²) in [6, 6.07) is 8.09. The van der Waals surface area contributed by atoms with E-state index in [2.05, 4.69) is 69.2 Å². The molecule has 1 aromatic carbocycles. The van der Waals surface area contributed by atoms with Crippen LogP contribution in [-0.2, 0) is 0 Å². The van der Waals surface area contributed by atoms with Crippen molar-refractivity contribution < 1.29 is 9.28 Å². The van der Waals surface area contributed by atoms with Gasteiger partial charge in [0, 0.05) is 11.3 Å². The number of amides is 1. The third-order valence-corrected chi connectivity index (χ3v) is 5.42. The van der Waals surface area contributed by atoms with Gasteiger partial charge in [-0.25, -0.2) is 9.48 Å². The van der Waals surface area contributed by atoms with Gasteiger partial charge in [0.2, 0.25) is 0 Å². The van der Waals surface area contributed by atoms with E-state index < -0.39 is 0 Å². The molecule has 0 fully saturated rings. The number of benzene rings is 1. The SMILES string of the molecule is C=C1c2cccc(-c3cc4c([nH]3)C(C)NC4=O)c2NC(=NC(C)(C)C)[N+]1(C)C. The molecule has 2 aliphatic heterocycles. The number of quaternary nitrogens is 1. The van der Waals surface area contributed by atoms with Crippen LogP contribution in [0.3, 0.4) is 0 Å². The Morgan fingerprint density at radius 1 is 1.14 bits per heavy atom. The summed E-state index contributed by atoms with van der Waals surface area (Å²) in [5.74, 6) is 0.822. The first-order valence-electron chi connectivity index (χ1n) is 9.57. The number of nitrogens with one attached hydrogen (secondary N) is 3. The minimum absolute atomic E-state index is 0.00710. The Balaban J connectivity index is 1.88. The van der Waals surface area contributed by atoms with E-state index in [4.69, 9.17) is 4.99 Å². The molecule has 0 saturated carbocycles. The molecule has 6 heteroatoms. The van der Waals surface area contributed by atoms with Crippen LogP contribution in [0.15, 0.2) is 35.8 Å². The van der Waals surface area contributed by atoms with Crippen molar-refractivity contribution >= 4 is 23.3 Å². The van der Waals surface area contributed by atoms with Crippen molar-refractivity contribution in [1.29, 1.82) is 0 Å². The van der Waals surface area contributed by atoms with Crippen LogP contribution in [0.5, 0.6) is 0 Å². The number of aromatic nitrogens is 1. The Kier molecular flexibility index (Phi) is 3.84. The maximum absolute atomic E-state index is 12.2. The number of nitrogens with zero attached hydrogens (tertiary/aromatic N) is 2. The first kappa shape index (κ1) is 18.5. The molecule has 1 aromatic heterocycles. The van der Waals surface area contributed by atoms with Gasteiger partial charge in [-0.05, 0) is 46.4 Å². The molecule has 4 rings (SSSR count). The van der Waals surface area contributed by atoms with Crippen molar-refractivity contribution in [3.63, 3.8) is 0 Å². The van der Waals surface area contributed by atoms with Crippen molar-refractivity contribution in [1.82, 2.24) is 10.3 Å². The van der Waals surface area contributed by atoms with Crippen LogP contribution in [0.4, 0.5) is 5.69 Å². The van der Waals surface area contributed by atoms with Crippen molar-refractivity contribution in [3.8, 4) is 11.3 Å². The summed E-state index contributed by atoms with van der Waals surface area (Å²) in [7, 11) is 4.18. The van der Waals surface area contributed by atoms with Gasteiger partial charge in [-0.15, -0.1) is 0 Å². The number of H-pyrrole nitrogens is 1. The second-order valence-electron chi connectivity index (χ2n) is 9.07. The third kappa shape index (κ3) is 2.76. The lowest BCUT2D eigenvalue weighted by Crippen LogP contribution is -2.51. The maximum Gasteiger partial charge on any atom is 0.307 e. The molecular weight excluding hydrogens is 350 g/mol. The van der Waals surface area contributed by atoms with Gasteiger partial charge in [-0.1, -0.05) is 12.1 Å². The third-order valence-electron chi connectivity index (χ3n) is 5.42. The van der Waals surface area contributed by atoms with Crippen molar-refractivity contribution in [2.24, 2.45) is 4.99 Å². The van der Waals surface area contributed by atoms with Gasteiger partial charge < -0.3 is 10.3 Å². The van der Waals surface area contributed by atoms with Gasteiger partial charge in [0.05, 0.1) is 48.2 Å². The largest absolute Gasteiger partial charge is 0.356 e. The Morgan fingerprint density at radius 2 is 1.82 bits per heavy atom. The fourth-order valence-corrected chi connectivity index (χ4v) is 3.79. The van der Waals surface area contributed by atoms with E-state index in [9.17, 15) is 4.79 Å². The van der Waals surface area contributed by atoms with Crippen LogP contribution in [0.1, 0.15) is 55.4 Å². The molecule has 2 aliphatic rings. The number of anilines is 1. The molecule has 1 atom stereocenters. The molecule has 3 N–H and O–H groups in total. The highest BCUT2D eigenvalue weighted by Gasteiger charge is 2.39. The highest BCUT2D eigenvalue weighted by atomic mass is 16.2. The van der Waals surface area contributed by atoms with Gasteiger partial charge in [0.15, 0.2) is 0 Å². The monoisotopic (exact) mass is 378 g/mol. The van der Waals surface area contributed by atoms with Gasteiger partial charge >= 0.3 is 5.96 Å². The predicted octanol–water partition coefficient (Wildman–Crippen LogP) is 4.11. The summed E-state index contributed by atoms with van der Waals surface area (Å²) < 4.78 is 0.467. The summed E-state index contributed by atoms with van der Waals surface area (Å²) in [6.45, 7) is 12.6. The highest BCUT2D eigenvalue weighted by molar-refractivity contribution is 6.05. The first-order chi connectivity index (χ1) is 13.0. The molecule has 28 heavy (non-hydrogen) atoms. The van der Waals surface area contributed by atoms with Gasteiger partial charge in [-0.3, -0.25) is 10.1 Å². The van der Waals surface area contributed by atoms with Crippen LogP contribution in [0.2, 0.25) is 0 Å². The summed E-state index contributed by atoms with van der Waals surface area (Å²) in [6.07, 6.45) is 0. The number of guanidine groups is 1. The molecule has 0 bridgehead atoms. The van der Waals surface area contributed by atoms with Gasteiger partial charge in [0.25, 0.3) is 5.91 Å². The van der Waals surface area contributed by atoms with Crippen molar-refractivity contribution in [2.75, 3.05) is 19.4 Å². The van der Waals surface area contributed by atoms with E-state index in [0.29, 0.717) is 4.48 Å². The fraction of sp³-hybridized carbons (Fsp3) is 0.364. The molecule has 2 aromatic rings. The standard InChI is InChI=1S/C22H27N5O/c1-12-18-16(20(28)23-12)11-17(24-18)15-10-8-9-14-13(2)27(6,7)21(25-19(14)15)26-22(3,4)5/h8-12H,2H2,1,3-7H3,(H2-,23,24,25,26,28)/p+1. The lowest BCUT2D eigenvalue weighted by molar-refractivity contribution is -0.721. The zero-order valence-corrected chi connectivity index (χ0v) is 17.4. The number of carbonyl (C=O) groups excluding carboxylic acids is 1. The molecule has 0 aliphatic carbocycles. The highest BCUT2D eigenvalue weighted by Crippen LogP contribution is 2.42. The number of carbonyl (C=O) groups is 1. The number of hydrogen-bond donors (Lipinski definition) is 3. The Bertz CT molecular complexity index is 1040. The van der Waals surface area contributed by atoms with Crippen molar-refractivity contribution in [2.45, 2.75) is 39.3 Å². The fourth-order valence-electron chi connectivity index (χ4n) is 3.79. The van der Waals surface area contributed by atoms with Crippen LogP contribution < -0.4 is 10.6 Å². The zero-order chi connectivity index (χ0) is 20.4.